The highest BCUT2D eigenvalue weighted by Gasteiger charge is 2.10. The largest absolute Gasteiger partial charge is 0.481 e. The van der Waals surface area contributed by atoms with Crippen molar-refractivity contribution in [3.8, 4) is 5.88 Å². The van der Waals surface area contributed by atoms with Gasteiger partial charge in [0.2, 0.25) is 5.88 Å². The summed E-state index contributed by atoms with van der Waals surface area (Å²) in [6, 6.07) is 1.72. The summed E-state index contributed by atoms with van der Waals surface area (Å²) >= 11 is 0. The van der Waals surface area contributed by atoms with Crippen molar-refractivity contribution in [3.63, 3.8) is 0 Å². The second kappa shape index (κ2) is 6.64. The molecule has 1 aromatic heterocycles. The fraction of sp³-hybridized carbons (Fsp3) is 0.385. The number of methoxy groups -OCH3 is 1. The van der Waals surface area contributed by atoms with Crippen molar-refractivity contribution in [1.29, 1.82) is 0 Å². The van der Waals surface area contributed by atoms with Crippen LogP contribution in [0.4, 0.5) is 4.79 Å². The maximum absolute atomic E-state index is 11.4. The number of aromatic nitrogens is 1. The molecule has 0 aromatic carbocycles. The van der Waals surface area contributed by atoms with Crippen LogP contribution in [-0.4, -0.2) is 24.7 Å². The Balaban J connectivity index is 2.72. The molecule has 0 unspecified atom stereocenters. The van der Waals surface area contributed by atoms with Crippen molar-refractivity contribution in [2.75, 3.05) is 13.7 Å². The van der Waals surface area contributed by atoms with Crippen LogP contribution in [0.25, 0.3) is 0 Å². The number of urea groups is 1. The van der Waals surface area contributed by atoms with Gasteiger partial charge in [-0.25, -0.2) is 9.78 Å². The second-order valence-corrected chi connectivity index (χ2v) is 3.92. The van der Waals surface area contributed by atoms with Gasteiger partial charge < -0.3 is 15.4 Å². The summed E-state index contributed by atoms with van der Waals surface area (Å²) in [5.74, 6) is 0.552. The Morgan fingerprint density at radius 2 is 2.22 bits per heavy atom. The molecule has 5 nitrogen and oxygen atoms in total. The van der Waals surface area contributed by atoms with Gasteiger partial charge in [0, 0.05) is 17.8 Å². The third-order valence-electron chi connectivity index (χ3n) is 2.46. The Labute approximate surface area is 107 Å². The zero-order valence-corrected chi connectivity index (χ0v) is 11.0. The number of rotatable bonds is 5. The van der Waals surface area contributed by atoms with Crippen LogP contribution in [0.15, 0.2) is 18.7 Å². The molecule has 0 atom stereocenters. The molecule has 1 heterocycles. The van der Waals surface area contributed by atoms with Gasteiger partial charge in [-0.05, 0) is 25.5 Å². The van der Waals surface area contributed by atoms with Gasteiger partial charge >= 0.3 is 6.03 Å². The van der Waals surface area contributed by atoms with Gasteiger partial charge in [-0.1, -0.05) is 6.08 Å². The van der Waals surface area contributed by atoms with Crippen LogP contribution in [-0.2, 0) is 6.54 Å². The summed E-state index contributed by atoms with van der Waals surface area (Å²) in [4.78, 5) is 15.7. The Kier molecular flexibility index (Phi) is 5.17. The molecule has 2 N–H and O–H groups in total. The topological polar surface area (TPSA) is 63.2 Å². The molecule has 0 bridgehead atoms. The van der Waals surface area contributed by atoms with E-state index in [2.05, 4.69) is 22.2 Å². The van der Waals surface area contributed by atoms with Crippen molar-refractivity contribution < 1.29 is 9.53 Å². The van der Waals surface area contributed by atoms with E-state index >= 15 is 0 Å². The number of nitrogens with one attached hydrogen (secondary N) is 2. The molecule has 0 fully saturated rings. The predicted molar refractivity (Wildman–Crippen MR) is 70.7 cm³/mol. The first-order valence-corrected chi connectivity index (χ1v) is 5.72. The zero-order valence-electron chi connectivity index (χ0n) is 11.0. The lowest BCUT2D eigenvalue weighted by molar-refractivity contribution is 0.241. The highest BCUT2D eigenvalue weighted by Crippen LogP contribution is 2.20. The molecular weight excluding hydrogens is 230 g/mol. The second-order valence-electron chi connectivity index (χ2n) is 3.92. The minimum absolute atomic E-state index is 0.239. The lowest BCUT2D eigenvalue weighted by Gasteiger charge is -2.12. The van der Waals surface area contributed by atoms with Crippen LogP contribution in [0, 0.1) is 13.8 Å². The fourth-order valence-corrected chi connectivity index (χ4v) is 1.61. The summed E-state index contributed by atoms with van der Waals surface area (Å²) in [6.45, 7) is 8.22. The molecular formula is C13H19N3O2. The number of nitrogens with zero attached hydrogens (tertiary/aromatic N) is 1. The molecule has 5 heteroatoms. The Morgan fingerprint density at radius 3 is 2.83 bits per heavy atom. The molecule has 1 rings (SSSR count). The van der Waals surface area contributed by atoms with Crippen molar-refractivity contribution in [2.24, 2.45) is 0 Å². The minimum Gasteiger partial charge on any atom is -0.481 e. The van der Waals surface area contributed by atoms with Crippen molar-refractivity contribution in [3.05, 3.63) is 35.5 Å². The zero-order chi connectivity index (χ0) is 13.5. The van der Waals surface area contributed by atoms with Crippen molar-refractivity contribution >= 4 is 6.03 Å². The standard InChI is InChI=1S/C13H19N3O2/c1-5-6-14-13(17)15-8-11-9(2)7-10(3)16-12(11)18-4/h5,7H,1,6,8H2,2-4H3,(H2,14,15,17). The minimum atomic E-state index is -0.239. The summed E-state index contributed by atoms with van der Waals surface area (Å²) < 4.78 is 5.22. The number of amides is 2. The molecule has 18 heavy (non-hydrogen) atoms. The van der Waals surface area contributed by atoms with Crippen LogP contribution in [0.5, 0.6) is 5.88 Å². The van der Waals surface area contributed by atoms with Crippen LogP contribution in [0.3, 0.4) is 0 Å². The number of carbonyl (C=O) groups is 1. The van der Waals surface area contributed by atoms with E-state index in [1.165, 1.54) is 0 Å². The van der Waals surface area contributed by atoms with Gasteiger partial charge in [0.05, 0.1) is 13.7 Å². The first-order valence-electron chi connectivity index (χ1n) is 5.72. The SMILES string of the molecule is C=CCNC(=O)NCc1c(C)cc(C)nc1OC. The molecule has 0 aliphatic heterocycles. The molecule has 0 saturated carbocycles. The lowest BCUT2D eigenvalue weighted by atomic mass is 10.1. The number of aryl methyl sites for hydroxylation is 2. The highest BCUT2D eigenvalue weighted by atomic mass is 16.5. The van der Waals surface area contributed by atoms with E-state index < -0.39 is 0 Å². The molecule has 1 aromatic rings. The van der Waals surface area contributed by atoms with E-state index in [9.17, 15) is 4.79 Å². The molecule has 0 aliphatic rings. The quantitative estimate of drug-likeness (QED) is 0.781. The van der Waals surface area contributed by atoms with Gasteiger partial charge in [-0.2, -0.15) is 0 Å². The maximum atomic E-state index is 11.4. The Hall–Kier alpha value is -2.04. The average Bonchev–Trinajstić information content (AvgIpc) is 2.34. The van der Waals surface area contributed by atoms with Gasteiger partial charge in [0.25, 0.3) is 0 Å². The van der Waals surface area contributed by atoms with Crippen LogP contribution >= 0.6 is 0 Å². The third kappa shape index (κ3) is 3.76. The van der Waals surface area contributed by atoms with E-state index in [1.54, 1.807) is 13.2 Å². The van der Waals surface area contributed by atoms with Crippen LogP contribution in [0.2, 0.25) is 0 Å². The predicted octanol–water partition coefficient (Wildman–Crippen LogP) is 1.69. The lowest BCUT2D eigenvalue weighted by Crippen LogP contribution is -2.35. The van der Waals surface area contributed by atoms with E-state index in [0.717, 1.165) is 16.8 Å². The maximum Gasteiger partial charge on any atom is 0.315 e. The van der Waals surface area contributed by atoms with E-state index in [4.69, 9.17) is 4.74 Å². The number of ether oxygens (including phenoxy) is 1. The summed E-state index contributed by atoms with van der Waals surface area (Å²) in [6.07, 6.45) is 1.62. The number of hydrogen-bond acceptors (Lipinski definition) is 3. The molecule has 2 amide bonds. The molecule has 0 radical (unpaired) electrons. The number of pyridine rings is 1. The van der Waals surface area contributed by atoms with Crippen LogP contribution in [0.1, 0.15) is 16.8 Å². The molecule has 0 aliphatic carbocycles. The Bertz CT molecular complexity index is 444. The Morgan fingerprint density at radius 1 is 1.50 bits per heavy atom. The van der Waals surface area contributed by atoms with Gasteiger partial charge in [-0.15, -0.1) is 6.58 Å². The van der Waals surface area contributed by atoms with Gasteiger partial charge in [0.1, 0.15) is 0 Å². The molecule has 0 spiro atoms. The summed E-state index contributed by atoms with van der Waals surface area (Å²) in [7, 11) is 1.57. The molecule has 0 saturated heterocycles. The van der Waals surface area contributed by atoms with E-state index in [0.29, 0.717) is 19.0 Å². The molecule has 98 valence electrons. The average molecular weight is 249 g/mol. The van der Waals surface area contributed by atoms with Crippen molar-refractivity contribution in [1.82, 2.24) is 15.6 Å². The van der Waals surface area contributed by atoms with E-state index in [-0.39, 0.29) is 6.03 Å². The van der Waals surface area contributed by atoms with Crippen LogP contribution < -0.4 is 15.4 Å². The highest BCUT2D eigenvalue weighted by molar-refractivity contribution is 5.74. The first kappa shape index (κ1) is 14.0. The normalized spacial score (nSPS) is 9.72. The third-order valence-corrected chi connectivity index (χ3v) is 2.46. The van der Waals surface area contributed by atoms with E-state index in [1.807, 2.05) is 19.9 Å². The summed E-state index contributed by atoms with van der Waals surface area (Å²) in [5.41, 5.74) is 2.82. The fourth-order valence-electron chi connectivity index (χ4n) is 1.61. The summed E-state index contributed by atoms with van der Waals surface area (Å²) in [5, 5.41) is 5.39. The number of carbonyl (C=O) groups excluding carboxylic acids is 1. The first-order chi connectivity index (χ1) is 8.58. The van der Waals surface area contributed by atoms with Gasteiger partial charge in [0.15, 0.2) is 0 Å². The van der Waals surface area contributed by atoms with Crippen molar-refractivity contribution in [2.45, 2.75) is 20.4 Å². The van der Waals surface area contributed by atoms with Gasteiger partial charge in [-0.3, -0.25) is 0 Å². The number of hydrogen-bond donors (Lipinski definition) is 2. The monoisotopic (exact) mass is 249 g/mol. The smallest absolute Gasteiger partial charge is 0.315 e.